The Morgan fingerprint density at radius 2 is 1.14 bits per heavy atom. The number of hydrazone groups is 2. The van der Waals surface area contributed by atoms with Gasteiger partial charge >= 0.3 is 11.9 Å². The molecule has 0 unspecified atom stereocenters. The molecule has 0 spiro atoms. The van der Waals surface area contributed by atoms with Crippen molar-refractivity contribution >= 4 is 45.2 Å². The van der Waals surface area contributed by atoms with Crippen LogP contribution in [0.3, 0.4) is 0 Å². The maximum atomic E-state index is 12.3. The minimum absolute atomic E-state index is 0.0858. The van der Waals surface area contributed by atoms with Gasteiger partial charge in [0.25, 0.3) is 0 Å². The quantitative estimate of drug-likeness (QED) is 0.322. The summed E-state index contributed by atoms with van der Waals surface area (Å²) in [6.45, 7) is 3.69. The fraction of sp³-hybridized carbons (Fsp3) is 0.200. The van der Waals surface area contributed by atoms with E-state index < -0.39 is 11.9 Å². The van der Waals surface area contributed by atoms with Gasteiger partial charge in [0.1, 0.15) is 0 Å². The average molecular weight is 414 g/mol. The van der Waals surface area contributed by atoms with Crippen LogP contribution in [0.4, 0.5) is 11.4 Å². The summed E-state index contributed by atoms with van der Waals surface area (Å²) in [4.78, 5) is 24.6. The van der Waals surface area contributed by atoms with Crippen molar-refractivity contribution in [3.05, 3.63) is 60.7 Å². The molecule has 152 valence electrons. The zero-order valence-electron chi connectivity index (χ0n) is 16.1. The number of hydrogen-bond donors (Lipinski definition) is 2. The van der Waals surface area contributed by atoms with Gasteiger partial charge in [0.05, 0.1) is 24.6 Å². The second kappa shape index (κ2) is 12.2. The molecule has 0 aliphatic carbocycles. The molecule has 0 aliphatic heterocycles. The van der Waals surface area contributed by atoms with Gasteiger partial charge in [0.15, 0.2) is 0 Å². The molecule has 2 N–H and O–H groups in total. The Hall–Kier alpha value is -3.33. The molecule has 9 heteroatoms. The van der Waals surface area contributed by atoms with Crippen molar-refractivity contribution in [3.63, 3.8) is 0 Å². The monoisotopic (exact) mass is 414 g/mol. The molecule has 0 aromatic heterocycles. The number of thioether (sulfide) groups is 1. The number of hydrogen-bond acceptors (Lipinski definition) is 9. The first kappa shape index (κ1) is 22.0. The third kappa shape index (κ3) is 7.67. The Morgan fingerprint density at radius 3 is 1.48 bits per heavy atom. The van der Waals surface area contributed by atoms with Crippen LogP contribution in [-0.2, 0) is 19.1 Å². The highest BCUT2D eigenvalue weighted by Crippen LogP contribution is 2.15. The van der Waals surface area contributed by atoms with E-state index in [2.05, 4.69) is 21.1 Å². The molecule has 29 heavy (non-hydrogen) atoms. The topological polar surface area (TPSA) is 101 Å². The molecule has 0 saturated carbocycles. The number of esters is 2. The molecular weight excluding hydrogens is 392 g/mol. The lowest BCUT2D eigenvalue weighted by Crippen LogP contribution is -2.23. The lowest BCUT2D eigenvalue weighted by atomic mass is 10.3. The normalized spacial score (nSPS) is 11.5. The lowest BCUT2D eigenvalue weighted by molar-refractivity contribution is -0.135. The summed E-state index contributed by atoms with van der Waals surface area (Å²) in [6, 6.07) is 18.2. The number of para-hydroxylation sites is 2. The average Bonchev–Trinajstić information content (AvgIpc) is 2.75. The first-order valence-corrected chi connectivity index (χ1v) is 9.75. The van der Waals surface area contributed by atoms with Crippen LogP contribution < -0.4 is 10.9 Å². The second-order valence-electron chi connectivity index (χ2n) is 5.33. The molecule has 0 bridgehead atoms. The van der Waals surface area contributed by atoms with Crippen LogP contribution in [0.1, 0.15) is 13.8 Å². The highest BCUT2D eigenvalue weighted by molar-refractivity contribution is 8.29. The first-order chi connectivity index (χ1) is 14.1. The van der Waals surface area contributed by atoms with E-state index >= 15 is 0 Å². The predicted octanol–water partition coefficient (Wildman–Crippen LogP) is 3.70. The van der Waals surface area contributed by atoms with Gasteiger partial charge in [-0.05, 0) is 49.9 Å². The SMILES string of the molecule is CCOC(=O)/C(=N\Nc1ccccc1)S/C(=N/Nc1ccccc1)C(=O)OCC. The van der Waals surface area contributed by atoms with E-state index in [1.54, 1.807) is 38.1 Å². The van der Waals surface area contributed by atoms with Crippen molar-refractivity contribution in [2.24, 2.45) is 10.2 Å². The molecule has 2 aromatic rings. The minimum atomic E-state index is -0.683. The summed E-state index contributed by atoms with van der Waals surface area (Å²) in [5, 5.41) is 8.01. The van der Waals surface area contributed by atoms with E-state index in [1.165, 1.54) is 0 Å². The van der Waals surface area contributed by atoms with Crippen LogP contribution in [-0.4, -0.2) is 35.2 Å². The highest BCUT2D eigenvalue weighted by atomic mass is 32.2. The number of benzene rings is 2. The van der Waals surface area contributed by atoms with Crippen LogP contribution in [0.15, 0.2) is 70.9 Å². The van der Waals surface area contributed by atoms with Gasteiger partial charge in [-0.25, -0.2) is 9.59 Å². The maximum Gasteiger partial charge on any atom is 0.365 e. The standard InChI is InChI=1S/C20H22N4O4S/c1-3-27-19(25)17(23-21-15-11-7-5-8-12-15)29-18(20(26)28-4-2)24-22-16-13-9-6-10-14-16/h5-14,21-22H,3-4H2,1-2H3/b23-17+,24-18+. The number of carbonyl (C=O) groups is 2. The Bertz CT molecular complexity index is 786. The van der Waals surface area contributed by atoms with Crippen molar-refractivity contribution in [1.29, 1.82) is 0 Å². The Labute approximate surface area is 173 Å². The van der Waals surface area contributed by atoms with Crippen molar-refractivity contribution < 1.29 is 19.1 Å². The van der Waals surface area contributed by atoms with Crippen LogP contribution in [0.25, 0.3) is 0 Å². The second-order valence-corrected chi connectivity index (χ2v) is 6.31. The number of anilines is 2. The summed E-state index contributed by atoms with van der Waals surface area (Å²) >= 11 is 0.750. The number of nitrogens with zero attached hydrogens (tertiary/aromatic N) is 2. The summed E-state index contributed by atoms with van der Waals surface area (Å²) in [7, 11) is 0. The number of ether oxygens (including phenoxy) is 2. The van der Waals surface area contributed by atoms with Crippen LogP contribution in [0, 0.1) is 0 Å². The third-order valence-electron chi connectivity index (χ3n) is 3.21. The third-order valence-corrected chi connectivity index (χ3v) is 4.12. The molecule has 0 fully saturated rings. The smallest absolute Gasteiger partial charge is 0.365 e. The first-order valence-electron chi connectivity index (χ1n) is 8.93. The molecule has 2 aromatic carbocycles. The van der Waals surface area contributed by atoms with Crippen molar-refractivity contribution in [2.75, 3.05) is 24.1 Å². The molecule has 8 nitrogen and oxygen atoms in total. The van der Waals surface area contributed by atoms with Gasteiger partial charge in [0, 0.05) is 0 Å². The van der Waals surface area contributed by atoms with Gasteiger partial charge in [0.2, 0.25) is 10.1 Å². The number of nitrogens with one attached hydrogen (secondary N) is 2. The van der Waals surface area contributed by atoms with Gasteiger partial charge < -0.3 is 9.47 Å². The highest BCUT2D eigenvalue weighted by Gasteiger charge is 2.23. The summed E-state index contributed by atoms with van der Waals surface area (Å²) in [5.74, 6) is -1.37. The van der Waals surface area contributed by atoms with Crippen LogP contribution in [0.2, 0.25) is 0 Å². The predicted molar refractivity (Wildman–Crippen MR) is 116 cm³/mol. The molecule has 0 aliphatic rings. The van der Waals surface area contributed by atoms with E-state index in [9.17, 15) is 9.59 Å². The Morgan fingerprint density at radius 1 is 0.759 bits per heavy atom. The molecule has 0 amide bonds. The zero-order chi connectivity index (χ0) is 20.9. The van der Waals surface area contributed by atoms with Gasteiger partial charge in [-0.3, -0.25) is 10.9 Å². The van der Waals surface area contributed by atoms with E-state index in [1.807, 2.05) is 36.4 Å². The van der Waals surface area contributed by atoms with Gasteiger partial charge in [-0.2, -0.15) is 10.2 Å². The molecule has 0 atom stereocenters. The summed E-state index contributed by atoms with van der Waals surface area (Å²) in [5.41, 5.74) is 6.89. The van der Waals surface area contributed by atoms with Crippen molar-refractivity contribution in [3.8, 4) is 0 Å². The Balaban J connectivity index is 2.25. The molecule has 0 saturated heterocycles. The molecular formula is C20H22N4O4S. The maximum absolute atomic E-state index is 12.3. The molecule has 2 rings (SSSR count). The van der Waals surface area contributed by atoms with E-state index in [4.69, 9.17) is 9.47 Å². The molecule has 0 heterocycles. The minimum Gasteiger partial charge on any atom is -0.461 e. The fourth-order valence-electron chi connectivity index (χ4n) is 1.95. The van der Waals surface area contributed by atoms with Gasteiger partial charge in [-0.15, -0.1) is 0 Å². The van der Waals surface area contributed by atoms with E-state index in [-0.39, 0.29) is 23.3 Å². The van der Waals surface area contributed by atoms with E-state index in [0.29, 0.717) is 11.4 Å². The van der Waals surface area contributed by atoms with Crippen LogP contribution >= 0.6 is 11.8 Å². The summed E-state index contributed by atoms with van der Waals surface area (Å²) < 4.78 is 10.1. The fourth-order valence-corrected chi connectivity index (χ4v) is 2.60. The number of carbonyl (C=O) groups excluding carboxylic acids is 2. The van der Waals surface area contributed by atoms with Crippen molar-refractivity contribution in [1.82, 2.24) is 0 Å². The van der Waals surface area contributed by atoms with E-state index in [0.717, 1.165) is 11.8 Å². The van der Waals surface area contributed by atoms with Crippen molar-refractivity contribution in [2.45, 2.75) is 13.8 Å². The summed E-state index contributed by atoms with van der Waals surface area (Å²) in [6.07, 6.45) is 0. The Kier molecular flexibility index (Phi) is 9.23. The zero-order valence-corrected chi connectivity index (χ0v) is 16.9. The number of rotatable bonds is 6. The molecule has 0 radical (unpaired) electrons. The van der Waals surface area contributed by atoms with Gasteiger partial charge in [-0.1, -0.05) is 36.4 Å². The lowest BCUT2D eigenvalue weighted by Gasteiger charge is -2.09. The van der Waals surface area contributed by atoms with Crippen LogP contribution in [0.5, 0.6) is 0 Å². The largest absolute Gasteiger partial charge is 0.461 e.